The molecule has 16 heavy (non-hydrogen) atoms. The van der Waals surface area contributed by atoms with Crippen molar-refractivity contribution in [2.24, 2.45) is 5.73 Å². The maximum atomic E-state index is 10.4. The highest BCUT2D eigenvalue weighted by atomic mass is 16.3. The summed E-state index contributed by atoms with van der Waals surface area (Å²) >= 11 is 0. The number of benzene rings is 1. The van der Waals surface area contributed by atoms with Gasteiger partial charge < -0.3 is 10.8 Å². The number of aliphatic hydroxyl groups is 1. The Balaban J connectivity index is 2.69. The van der Waals surface area contributed by atoms with Crippen LogP contribution in [0.1, 0.15) is 18.9 Å². The molecule has 1 aromatic carbocycles. The molecule has 0 saturated carbocycles. The molecule has 3 heteroatoms. The Kier molecular flexibility index (Phi) is 2.90. The summed E-state index contributed by atoms with van der Waals surface area (Å²) in [6.07, 6.45) is 2.34. The minimum atomic E-state index is -0.956. The van der Waals surface area contributed by atoms with Crippen LogP contribution in [-0.2, 0) is 5.60 Å². The molecule has 2 rings (SSSR count). The second-order valence-corrected chi connectivity index (χ2v) is 3.96. The van der Waals surface area contributed by atoms with E-state index in [0.717, 1.165) is 16.5 Å². The highest BCUT2D eigenvalue weighted by Crippen LogP contribution is 2.29. The fraction of sp³-hybridized carbons (Fsp3) is 0.308. The SMILES string of the molecule is CCC(O)(CN)c1cccc2ncccc12. The summed E-state index contributed by atoms with van der Waals surface area (Å²) in [6, 6.07) is 9.60. The summed E-state index contributed by atoms with van der Waals surface area (Å²) < 4.78 is 0. The van der Waals surface area contributed by atoms with Crippen LogP contribution in [0.3, 0.4) is 0 Å². The molecule has 2 aromatic rings. The van der Waals surface area contributed by atoms with E-state index < -0.39 is 5.60 Å². The largest absolute Gasteiger partial charge is 0.384 e. The molecule has 3 N–H and O–H groups in total. The summed E-state index contributed by atoms with van der Waals surface area (Å²) in [7, 11) is 0. The standard InChI is InChI=1S/C13H16N2O/c1-2-13(16,9-14)11-6-3-7-12-10(11)5-4-8-15-12/h3-8,16H,2,9,14H2,1H3. The van der Waals surface area contributed by atoms with Crippen LogP contribution >= 0.6 is 0 Å². The maximum absolute atomic E-state index is 10.4. The Morgan fingerprint density at radius 2 is 2.12 bits per heavy atom. The Bertz CT molecular complexity index is 487. The molecule has 1 atom stereocenters. The number of aromatic nitrogens is 1. The number of fused-ring (bicyclic) bond motifs is 1. The molecule has 0 aliphatic heterocycles. The van der Waals surface area contributed by atoms with Gasteiger partial charge in [-0.15, -0.1) is 0 Å². The van der Waals surface area contributed by atoms with Crippen LogP contribution < -0.4 is 5.73 Å². The zero-order chi connectivity index (χ0) is 11.6. The first kappa shape index (κ1) is 11.0. The van der Waals surface area contributed by atoms with E-state index in [1.54, 1.807) is 6.20 Å². The van der Waals surface area contributed by atoms with E-state index in [2.05, 4.69) is 4.98 Å². The number of hydrogen-bond acceptors (Lipinski definition) is 3. The summed E-state index contributed by atoms with van der Waals surface area (Å²) in [5.74, 6) is 0. The fourth-order valence-corrected chi connectivity index (χ4v) is 1.95. The van der Waals surface area contributed by atoms with Gasteiger partial charge in [0.15, 0.2) is 0 Å². The number of nitrogens with two attached hydrogens (primary N) is 1. The predicted molar refractivity (Wildman–Crippen MR) is 65.0 cm³/mol. The minimum absolute atomic E-state index is 0.220. The van der Waals surface area contributed by atoms with Crippen molar-refractivity contribution >= 4 is 10.9 Å². The first-order valence-corrected chi connectivity index (χ1v) is 5.48. The number of nitrogens with zero attached hydrogens (tertiary/aromatic N) is 1. The average molecular weight is 216 g/mol. The van der Waals surface area contributed by atoms with Gasteiger partial charge in [0, 0.05) is 18.1 Å². The van der Waals surface area contributed by atoms with Crippen molar-refractivity contribution in [1.82, 2.24) is 4.98 Å². The predicted octanol–water partition coefficient (Wildman–Crippen LogP) is 1.79. The van der Waals surface area contributed by atoms with E-state index in [0.29, 0.717) is 6.42 Å². The fourth-order valence-electron chi connectivity index (χ4n) is 1.95. The topological polar surface area (TPSA) is 59.1 Å². The van der Waals surface area contributed by atoms with Crippen molar-refractivity contribution in [3.63, 3.8) is 0 Å². The monoisotopic (exact) mass is 216 g/mol. The molecule has 0 bridgehead atoms. The molecule has 0 radical (unpaired) electrons. The number of rotatable bonds is 3. The number of pyridine rings is 1. The third kappa shape index (κ3) is 1.68. The van der Waals surface area contributed by atoms with Crippen LogP contribution in [0.5, 0.6) is 0 Å². The van der Waals surface area contributed by atoms with Crippen molar-refractivity contribution in [2.75, 3.05) is 6.54 Å². The summed E-state index contributed by atoms with van der Waals surface area (Å²) in [5.41, 5.74) is 6.47. The second kappa shape index (κ2) is 4.20. The quantitative estimate of drug-likeness (QED) is 0.822. The van der Waals surface area contributed by atoms with Gasteiger partial charge in [-0.1, -0.05) is 25.1 Å². The molecule has 0 saturated heterocycles. The molecule has 84 valence electrons. The Labute approximate surface area is 94.9 Å². The molecule has 0 aliphatic carbocycles. The lowest BCUT2D eigenvalue weighted by Crippen LogP contribution is -2.34. The van der Waals surface area contributed by atoms with Gasteiger partial charge in [0.05, 0.1) is 5.52 Å². The second-order valence-electron chi connectivity index (χ2n) is 3.96. The van der Waals surface area contributed by atoms with Gasteiger partial charge in [0.1, 0.15) is 5.60 Å². The summed E-state index contributed by atoms with van der Waals surface area (Å²) in [6.45, 7) is 2.15. The van der Waals surface area contributed by atoms with Crippen LogP contribution in [0.2, 0.25) is 0 Å². The molecule has 0 aliphatic rings. The first-order chi connectivity index (χ1) is 7.71. The van der Waals surface area contributed by atoms with E-state index in [9.17, 15) is 5.11 Å². The van der Waals surface area contributed by atoms with Crippen LogP contribution in [0.15, 0.2) is 36.5 Å². The van der Waals surface area contributed by atoms with Crippen molar-refractivity contribution in [1.29, 1.82) is 0 Å². The zero-order valence-electron chi connectivity index (χ0n) is 9.35. The van der Waals surface area contributed by atoms with Gasteiger partial charge in [-0.2, -0.15) is 0 Å². The zero-order valence-corrected chi connectivity index (χ0v) is 9.35. The highest BCUT2D eigenvalue weighted by Gasteiger charge is 2.26. The van der Waals surface area contributed by atoms with Gasteiger partial charge in [0.25, 0.3) is 0 Å². The van der Waals surface area contributed by atoms with E-state index >= 15 is 0 Å². The molecule has 3 nitrogen and oxygen atoms in total. The van der Waals surface area contributed by atoms with Crippen molar-refractivity contribution < 1.29 is 5.11 Å². The van der Waals surface area contributed by atoms with Crippen molar-refractivity contribution in [3.05, 3.63) is 42.1 Å². The van der Waals surface area contributed by atoms with Gasteiger partial charge in [-0.3, -0.25) is 4.98 Å². The molecule has 0 spiro atoms. The lowest BCUT2D eigenvalue weighted by atomic mass is 9.88. The molecule has 1 heterocycles. The van der Waals surface area contributed by atoms with Crippen LogP contribution in [-0.4, -0.2) is 16.6 Å². The van der Waals surface area contributed by atoms with Gasteiger partial charge in [0.2, 0.25) is 0 Å². The normalized spacial score (nSPS) is 14.9. The Morgan fingerprint density at radius 3 is 2.81 bits per heavy atom. The highest BCUT2D eigenvalue weighted by molar-refractivity contribution is 5.82. The van der Waals surface area contributed by atoms with E-state index in [1.807, 2.05) is 37.3 Å². The van der Waals surface area contributed by atoms with Gasteiger partial charge in [-0.05, 0) is 24.1 Å². The molecule has 1 unspecified atom stereocenters. The van der Waals surface area contributed by atoms with Crippen molar-refractivity contribution in [2.45, 2.75) is 18.9 Å². The van der Waals surface area contributed by atoms with Gasteiger partial charge in [-0.25, -0.2) is 0 Å². The van der Waals surface area contributed by atoms with Crippen LogP contribution in [0.4, 0.5) is 0 Å². The average Bonchev–Trinajstić information content (AvgIpc) is 2.37. The van der Waals surface area contributed by atoms with Crippen LogP contribution in [0.25, 0.3) is 10.9 Å². The molecule has 0 amide bonds. The third-order valence-electron chi connectivity index (χ3n) is 3.07. The van der Waals surface area contributed by atoms with E-state index in [1.165, 1.54) is 0 Å². The molecule has 1 aromatic heterocycles. The minimum Gasteiger partial charge on any atom is -0.384 e. The smallest absolute Gasteiger partial charge is 0.102 e. The lowest BCUT2D eigenvalue weighted by molar-refractivity contribution is 0.0434. The van der Waals surface area contributed by atoms with E-state index in [-0.39, 0.29) is 6.54 Å². The molecular formula is C13H16N2O. The first-order valence-electron chi connectivity index (χ1n) is 5.48. The van der Waals surface area contributed by atoms with Crippen LogP contribution in [0, 0.1) is 0 Å². The van der Waals surface area contributed by atoms with Crippen molar-refractivity contribution in [3.8, 4) is 0 Å². The Morgan fingerprint density at radius 1 is 1.31 bits per heavy atom. The summed E-state index contributed by atoms with van der Waals surface area (Å²) in [4.78, 5) is 4.27. The third-order valence-corrected chi connectivity index (χ3v) is 3.07. The lowest BCUT2D eigenvalue weighted by Gasteiger charge is -2.26. The summed E-state index contributed by atoms with van der Waals surface area (Å²) in [5, 5.41) is 11.4. The van der Waals surface area contributed by atoms with E-state index in [4.69, 9.17) is 5.73 Å². The molecular weight excluding hydrogens is 200 g/mol. The Hall–Kier alpha value is -1.45. The number of hydrogen-bond donors (Lipinski definition) is 2. The maximum Gasteiger partial charge on any atom is 0.102 e. The van der Waals surface area contributed by atoms with Gasteiger partial charge >= 0.3 is 0 Å². The molecule has 0 fully saturated rings.